The summed E-state index contributed by atoms with van der Waals surface area (Å²) in [5.74, 6) is -0.628. The standard InChI is InChI=1S/C38H32Cl2N8O3/c1-36(16-23-3-5-24(18-41)6-4-23)34(51)47(28-14-26(39)13-27(40)15-28)35-44-21-30(48(35)36)33(50)45-38(11-12-38)32(49)17-37(9-10-37)31-8-7-25(19-43-31)29-20-42-22-46(29)2/h3-8,13-15,19-22H,9-12,16-17H2,1-2H3,(H,45,50)/t36-/m1/s1. The number of carbonyl (C=O) groups excluding carboxylic acids is 3. The van der Waals surface area contributed by atoms with Crippen molar-refractivity contribution in [1.29, 1.82) is 5.26 Å². The Labute approximate surface area is 303 Å². The van der Waals surface area contributed by atoms with E-state index >= 15 is 0 Å². The van der Waals surface area contributed by atoms with Crippen LogP contribution >= 0.6 is 23.2 Å². The van der Waals surface area contributed by atoms with E-state index in [1.54, 1.807) is 66.5 Å². The lowest BCUT2D eigenvalue weighted by Crippen LogP contribution is -2.47. The van der Waals surface area contributed by atoms with Crippen LogP contribution in [0.1, 0.15) is 66.3 Å². The SMILES string of the molecule is Cn1cncc1-c1ccc(C2(CC(=O)C3(NC(=O)c4cnc5n4[C@](C)(Cc4ccc(C#N)cc4)C(=O)N5c4cc(Cl)cc(Cl)c4)CC3)CC2)nc1. The van der Waals surface area contributed by atoms with Crippen LogP contribution in [0.2, 0.25) is 10.0 Å². The number of ketones is 1. The number of halogens is 2. The second-order valence-corrected chi connectivity index (χ2v) is 14.9. The first kappa shape index (κ1) is 32.9. The zero-order valence-electron chi connectivity index (χ0n) is 27.9. The van der Waals surface area contributed by atoms with Gasteiger partial charge < -0.3 is 9.88 Å². The minimum Gasteiger partial charge on any atom is -0.338 e. The molecule has 0 unspecified atom stereocenters. The van der Waals surface area contributed by atoms with Crippen LogP contribution in [-0.2, 0) is 34.0 Å². The minimum atomic E-state index is -1.30. The molecule has 2 saturated carbocycles. The molecule has 1 atom stereocenters. The number of hydrogen-bond donors (Lipinski definition) is 1. The van der Waals surface area contributed by atoms with Gasteiger partial charge in [0.15, 0.2) is 5.78 Å². The number of hydrogen-bond acceptors (Lipinski definition) is 7. The third kappa shape index (κ3) is 5.59. The van der Waals surface area contributed by atoms with Gasteiger partial charge in [-0.3, -0.25) is 23.9 Å². The lowest BCUT2D eigenvalue weighted by atomic mass is 9.90. The van der Waals surface area contributed by atoms with Gasteiger partial charge in [-0.1, -0.05) is 35.3 Å². The maximum atomic E-state index is 14.4. The molecule has 2 fully saturated rings. The highest BCUT2D eigenvalue weighted by Gasteiger charge is 2.57. The Morgan fingerprint density at radius 2 is 1.69 bits per heavy atom. The van der Waals surface area contributed by atoms with Gasteiger partial charge in [0.25, 0.3) is 11.8 Å². The summed E-state index contributed by atoms with van der Waals surface area (Å²) in [6.07, 6.45) is 9.99. The van der Waals surface area contributed by atoms with Gasteiger partial charge in [0.1, 0.15) is 11.2 Å². The van der Waals surface area contributed by atoms with E-state index in [0.717, 1.165) is 35.4 Å². The summed E-state index contributed by atoms with van der Waals surface area (Å²) in [7, 11) is 1.93. The normalized spacial score (nSPS) is 19.4. The number of benzene rings is 2. The molecule has 13 heteroatoms. The molecule has 1 aliphatic heterocycles. The molecule has 0 saturated heterocycles. The third-order valence-electron chi connectivity index (χ3n) is 10.5. The van der Waals surface area contributed by atoms with Crippen molar-refractivity contribution in [3.8, 4) is 17.3 Å². The number of aryl methyl sites for hydroxylation is 1. The highest BCUT2D eigenvalue weighted by atomic mass is 35.5. The lowest BCUT2D eigenvalue weighted by molar-refractivity contribution is -0.124. The molecule has 3 aromatic heterocycles. The van der Waals surface area contributed by atoms with Crippen LogP contribution in [0.25, 0.3) is 11.3 Å². The Balaban J connectivity index is 1.07. The van der Waals surface area contributed by atoms with Crippen molar-refractivity contribution in [1.82, 2.24) is 29.4 Å². The maximum Gasteiger partial charge on any atom is 0.270 e. The quantitative estimate of drug-likeness (QED) is 0.175. The Morgan fingerprint density at radius 3 is 2.27 bits per heavy atom. The molecule has 51 heavy (non-hydrogen) atoms. The molecule has 2 amide bonds. The Bertz CT molecular complexity index is 2260. The number of nitrogens with one attached hydrogen (secondary N) is 1. The summed E-state index contributed by atoms with van der Waals surface area (Å²) in [5, 5.41) is 13.0. The van der Waals surface area contributed by atoms with Gasteiger partial charge in [-0.25, -0.2) is 14.9 Å². The number of nitriles is 1. The number of nitrogens with zero attached hydrogens (tertiary/aromatic N) is 7. The molecule has 0 bridgehead atoms. The topological polar surface area (TPSA) is 139 Å². The largest absolute Gasteiger partial charge is 0.338 e. The fourth-order valence-electron chi connectivity index (χ4n) is 7.25. The van der Waals surface area contributed by atoms with Crippen LogP contribution in [-0.4, -0.2) is 47.2 Å². The molecule has 2 aromatic carbocycles. The van der Waals surface area contributed by atoms with Crippen molar-refractivity contribution in [2.45, 2.75) is 61.9 Å². The van der Waals surface area contributed by atoms with E-state index in [1.807, 2.05) is 29.9 Å². The molecule has 2 aliphatic carbocycles. The van der Waals surface area contributed by atoms with Crippen molar-refractivity contribution in [3.05, 3.63) is 112 Å². The molecule has 3 aliphatic rings. The van der Waals surface area contributed by atoms with Crippen LogP contribution in [0, 0.1) is 11.3 Å². The van der Waals surface area contributed by atoms with Crippen molar-refractivity contribution >= 4 is 52.4 Å². The van der Waals surface area contributed by atoms with E-state index in [1.165, 1.54) is 11.1 Å². The van der Waals surface area contributed by atoms with Crippen molar-refractivity contribution in [3.63, 3.8) is 0 Å². The molecule has 8 rings (SSSR count). The predicted molar refractivity (Wildman–Crippen MR) is 191 cm³/mol. The fourth-order valence-corrected chi connectivity index (χ4v) is 7.76. The molecule has 256 valence electrons. The van der Waals surface area contributed by atoms with Crippen LogP contribution in [0.15, 0.2) is 79.5 Å². The van der Waals surface area contributed by atoms with Crippen LogP contribution in [0.4, 0.5) is 11.6 Å². The lowest BCUT2D eigenvalue weighted by Gasteiger charge is -2.27. The monoisotopic (exact) mass is 718 g/mol. The minimum absolute atomic E-state index is 0.0290. The number of rotatable bonds is 10. The zero-order chi connectivity index (χ0) is 35.7. The average Bonchev–Trinajstić information content (AvgIpc) is 3.95. The number of Topliss-reactive ketones (excluding diaryl/α,β-unsaturated/α-hetero) is 1. The summed E-state index contributed by atoms with van der Waals surface area (Å²) < 4.78 is 3.56. The van der Waals surface area contributed by atoms with Crippen LogP contribution in [0.3, 0.4) is 0 Å². The van der Waals surface area contributed by atoms with Gasteiger partial charge >= 0.3 is 0 Å². The third-order valence-corrected chi connectivity index (χ3v) is 10.9. The highest BCUT2D eigenvalue weighted by Crippen LogP contribution is 2.53. The van der Waals surface area contributed by atoms with E-state index in [4.69, 9.17) is 28.2 Å². The van der Waals surface area contributed by atoms with Gasteiger partial charge in [-0.2, -0.15) is 5.26 Å². The van der Waals surface area contributed by atoms with Gasteiger partial charge in [0.2, 0.25) is 5.95 Å². The van der Waals surface area contributed by atoms with Crippen molar-refractivity contribution < 1.29 is 14.4 Å². The first-order chi connectivity index (χ1) is 24.4. The van der Waals surface area contributed by atoms with E-state index in [0.29, 0.717) is 34.1 Å². The number of amides is 2. The molecular formula is C38H32Cl2N8O3. The van der Waals surface area contributed by atoms with E-state index in [2.05, 4.69) is 21.4 Å². The highest BCUT2D eigenvalue weighted by molar-refractivity contribution is 6.35. The van der Waals surface area contributed by atoms with Gasteiger partial charge in [-0.05, 0) is 80.6 Å². The zero-order valence-corrected chi connectivity index (χ0v) is 29.4. The molecule has 0 radical (unpaired) electrons. The summed E-state index contributed by atoms with van der Waals surface area (Å²) in [5.41, 5.74) is 1.95. The Kier molecular flexibility index (Phi) is 7.67. The van der Waals surface area contributed by atoms with Gasteiger partial charge in [0, 0.05) is 52.8 Å². The van der Waals surface area contributed by atoms with Crippen molar-refractivity contribution in [2.24, 2.45) is 7.05 Å². The van der Waals surface area contributed by atoms with Crippen LogP contribution < -0.4 is 10.2 Å². The summed E-state index contributed by atoms with van der Waals surface area (Å²) in [6, 6.07) is 17.9. The second kappa shape index (κ2) is 11.9. The number of fused-ring (bicyclic) bond motifs is 1. The molecule has 11 nitrogen and oxygen atoms in total. The first-order valence-electron chi connectivity index (χ1n) is 16.6. The van der Waals surface area contributed by atoms with Gasteiger partial charge in [0.05, 0.1) is 47.3 Å². The molecule has 1 N–H and O–H groups in total. The van der Waals surface area contributed by atoms with Crippen molar-refractivity contribution in [2.75, 3.05) is 4.90 Å². The predicted octanol–water partition coefficient (Wildman–Crippen LogP) is 6.45. The average molecular weight is 720 g/mol. The summed E-state index contributed by atoms with van der Waals surface area (Å²) >= 11 is 12.7. The molecule has 4 heterocycles. The number of pyridine rings is 1. The smallest absolute Gasteiger partial charge is 0.270 e. The summed E-state index contributed by atoms with van der Waals surface area (Å²) in [4.78, 5) is 57.5. The Hall–Kier alpha value is -5.31. The second-order valence-electron chi connectivity index (χ2n) is 14.0. The first-order valence-corrected chi connectivity index (χ1v) is 17.4. The van der Waals surface area contributed by atoms with Crippen LogP contribution in [0.5, 0.6) is 0 Å². The number of imidazole rings is 2. The fraction of sp³-hybridized carbons (Fsp3) is 0.289. The number of aromatic nitrogens is 5. The molecule has 0 spiro atoms. The molecule has 5 aromatic rings. The number of carbonyl (C=O) groups is 3. The van der Waals surface area contributed by atoms with E-state index in [9.17, 15) is 19.6 Å². The summed E-state index contributed by atoms with van der Waals surface area (Å²) in [6.45, 7) is 1.75. The molecular weight excluding hydrogens is 687 g/mol. The van der Waals surface area contributed by atoms with Gasteiger partial charge in [-0.15, -0.1) is 0 Å². The number of anilines is 2. The Morgan fingerprint density at radius 1 is 0.961 bits per heavy atom. The van der Waals surface area contributed by atoms with E-state index < -0.39 is 17.0 Å². The maximum absolute atomic E-state index is 14.4. The van der Waals surface area contributed by atoms with E-state index in [-0.39, 0.29) is 41.6 Å².